The number of fused-ring (bicyclic) bond motifs is 1. The minimum Gasteiger partial charge on any atom is -0.497 e. The van der Waals surface area contributed by atoms with E-state index in [0.29, 0.717) is 17.9 Å². The van der Waals surface area contributed by atoms with Gasteiger partial charge in [0.25, 0.3) is 5.82 Å². The Morgan fingerprint density at radius 1 is 1.08 bits per heavy atom. The van der Waals surface area contributed by atoms with E-state index in [9.17, 15) is 13.2 Å². The van der Waals surface area contributed by atoms with Gasteiger partial charge in [-0.05, 0) is 37.1 Å². The van der Waals surface area contributed by atoms with Crippen molar-refractivity contribution in [3.05, 3.63) is 46.8 Å². The topological polar surface area (TPSA) is 64.3 Å². The normalized spacial score (nSPS) is 11.8. The van der Waals surface area contributed by atoms with Crippen LogP contribution in [0.25, 0.3) is 5.65 Å². The summed E-state index contributed by atoms with van der Waals surface area (Å²) < 4.78 is 45.0. The lowest BCUT2D eigenvalue weighted by molar-refractivity contribution is -0.146. The molecule has 9 heteroatoms. The number of rotatable bonds is 4. The van der Waals surface area contributed by atoms with Crippen LogP contribution < -0.4 is 10.1 Å². The van der Waals surface area contributed by atoms with Gasteiger partial charge < -0.3 is 10.1 Å². The van der Waals surface area contributed by atoms with Crippen molar-refractivity contribution in [3.8, 4) is 5.75 Å². The lowest BCUT2D eigenvalue weighted by atomic mass is 10.1. The molecular weight excluding hydrogens is 335 g/mol. The number of hydrogen-bond acceptors (Lipinski definition) is 5. The van der Waals surface area contributed by atoms with Crippen LogP contribution in [0.3, 0.4) is 0 Å². The number of methoxy groups -OCH3 is 1. The summed E-state index contributed by atoms with van der Waals surface area (Å²) in [6, 6.07) is 7.36. The summed E-state index contributed by atoms with van der Waals surface area (Å²) in [4.78, 5) is 0. The molecule has 0 spiro atoms. The zero-order valence-electron chi connectivity index (χ0n) is 13.8. The van der Waals surface area contributed by atoms with Crippen molar-refractivity contribution >= 4 is 11.5 Å². The van der Waals surface area contributed by atoms with Crippen molar-refractivity contribution < 1.29 is 17.9 Å². The molecule has 0 unspecified atom stereocenters. The molecule has 0 bridgehead atoms. The molecule has 2 aromatic heterocycles. The minimum atomic E-state index is -4.62. The quantitative estimate of drug-likeness (QED) is 0.781. The van der Waals surface area contributed by atoms with Gasteiger partial charge in [0.15, 0.2) is 11.5 Å². The fourth-order valence-corrected chi connectivity index (χ4v) is 2.40. The highest BCUT2D eigenvalue weighted by Crippen LogP contribution is 2.29. The third kappa shape index (κ3) is 3.21. The van der Waals surface area contributed by atoms with Crippen molar-refractivity contribution in [1.29, 1.82) is 0 Å². The van der Waals surface area contributed by atoms with Gasteiger partial charge in [-0.15, -0.1) is 15.3 Å². The molecule has 2 heterocycles. The Labute approximate surface area is 141 Å². The molecule has 0 saturated carbocycles. The molecule has 1 N–H and O–H groups in total. The molecule has 0 fully saturated rings. The Hall–Kier alpha value is -2.84. The molecule has 25 heavy (non-hydrogen) atoms. The second-order valence-corrected chi connectivity index (χ2v) is 5.56. The predicted molar refractivity (Wildman–Crippen MR) is 85.6 cm³/mol. The van der Waals surface area contributed by atoms with Crippen LogP contribution in [0.15, 0.2) is 24.3 Å². The van der Waals surface area contributed by atoms with Crippen LogP contribution >= 0.6 is 0 Å². The van der Waals surface area contributed by atoms with Crippen LogP contribution in [0.2, 0.25) is 0 Å². The Bertz CT molecular complexity index is 903. The zero-order chi connectivity index (χ0) is 18.2. The van der Waals surface area contributed by atoms with Crippen LogP contribution in [0.1, 0.15) is 22.5 Å². The van der Waals surface area contributed by atoms with Crippen molar-refractivity contribution in [1.82, 2.24) is 19.8 Å². The van der Waals surface area contributed by atoms with Crippen molar-refractivity contribution in [2.24, 2.45) is 0 Å². The monoisotopic (exact) mass is 351 g/mol. The van der Waals surface area contributed by atoms with Crippen molar-refractivity contribution in [2.45, 2.75) is 26.6 Å². The van der Waals surface area contributed by atoms with Gasteiger partial charge in [-0.1, -0.05) is 12.1 Å². The molecular formula is C16H16F3N5O. The largest absolute Gasteiger partial charge is 0.497 e. The highest BCUT2D eigenvalue weighted by molar-refractivity contribution is 5.58. The summed E-state index contributed by atoms with van der Waals surface area (Å²) in [5.41, 5.74) is 2.36. The summed E-state index contributed by atoms with van der Waals surface area (Å²) in [5, 5.41) is 14.0. The summed E-state index contributed by atoms with van der Waals surface area (Å²) in [7, 11) is 1.58. The molecule has 132 valence electrons. The molecule has 0 atom stereocenters. The zero-order valence-corrected chi connectivity index (χ0v) is 13.8. The van der Waals surface area contributed by atoms with Gasteiger partial charge in [-0.2, -0.15) is 17.7 Å². The number of benzene rings is 1. The average Bonchev–Trinajstić information content (AvgIpc) is 3.01. The maximum absolute atomic E-state index is 13.0. The maximum atomic E-state index is 13.0. The first-order chi connectivity index (χ1) is 11.8. The minimum absolute atomic E-state index is 0.0971. The fourth-order valence-electron chi connectivity index (χ4n) is 2.40. The Balaban J connectivity index is 1.93. The van der Waals surface area contributed by atoms with E-state index in [0.717, 1.165) is 21.4 Å². The van der Waals surface area contributed by atoms with Gasteiger partial charge >= 0.3 is 6.18 Å². The lowest BCUT2D eigenvalue weighted by Crippen LogP contribution is -2.15. The Morgan fingerprint density at radius 3 is 2.36 bits per heavy atom. The molecule has 0 amide bonds. The number of aromatic nitrogens is 4. The maximum Gasteiger partial charge on any atom is 0.453 e. The third-order valence-corrected chi connectivity index (χ3v) is 3.97. The molecule has 0 radical (unpaired) electrons. The molecule has 0 aliphatic heterocycles. The number of ether oxygens (including phenoxy) is 1. The summed E-state index contributed by atoms with van der Waals surface area (Å²) >= 11 is 0. The molecule has 0 saturated heterocycles. The second kappa shape index (κ2) is 6.23. The van der Waals surface area contributed by atoms with Gasteiger partial charge in [0.1, 0.15) is 5.75 Å². The lowest BCUT2D eigenvalue weighted by Gasteiger charge is -2.13. The smallest absolute Gasteiger partial charge is 0.453 e. The van der Waals surface area contributed by atoms with Gasteiger partial charge in [-0.3, -0.25) is 0 Å². The Kier molecular flexibility index (Phi) is 4.23. The van der Waals surface area contributed by atoms with Crippen LogP contribution in [0.4, 0.5) is 19.0 Å². The van der Waals surface area contributed by atoms with Crippen molar-refractivity contribution in [2.75, 3.05) is 12.4 Å². The highest BCUT2D eigenvalue weighted by Gasteiger charge is 2.38. The Morgan fingerprint density at radius 2 is 1.76 bits per heavy atom. The predicted octanol–water partition coefficient (Wildman–Crippen LogP) is 3.38. The van der Waals surface area contributed by atoms with Crippen LogP contribution in [-0.2, 0) is 12.7 Å². The molecule has 1 aromatic carbocycles. The van der Waals surface area contributed by atoms with Crippen LogP contribution in [0.5, 0.6) is 5.75 Å². The first-order valence-corrected chi connectivity index (χ1v) is 7.48. The SMILES string of the molecule is COc1ccc(CNc2nn3c(C(F)(F)F)nnc3c(C)c2C)cc1. The fraction of sp³-hybridized carbons (Fsp3) is 0.312. The van der Waals surface area contributed by atoms with E-state index in [1.165, 1.54) is 0 Å². The van der Waals surface area contributed by atoms with Crippen LogP contribution in [0, 0.1) is 13.8 Å². The van der Waals surface area contributed by atoms with E-state index in [4.69, 9.17) is 4.74 Å². The molecule has 6 nitrogen and oxygen atoms in total. The van der Waals surface area contributed by atoms with E-state index in [2.05, 4.69) is 20.6 Å². The number of halogens is 3. The number of nitrogens with zero attached hydrogens (tertiary/aromatic N) is 4. The highest BCUT2D eigenvalue weighted by atomic mass is 19.4. The van der Waals surface area contributed by atoms with Crippen LogP contribution in [-0.4, -0.2) is 26.9 Å². The van der Waals surface area contributed by atoms with Gasteiger partial charge in [0.05, 0.1) is 7.11 Å². The number of aryl methyl sites for hydroxylation is 1. The molecule has 3 aromatic rings. The third-order valence-electron chi connectivity index (χ3n) is 3.97. The summed E-state index contributed by atoms with van der Waals surface area (Å²) in [6.07, 6.45) is -4.62. The second-order valence-electron chi connectivity index (χ2n) is 5.56. The van der Waals surface area contributed by atoms with E-state index < -0.39 is 12.0 Å². The standard InChI is InChI=1S/C16H16F3N5O/c1-9-10(2)14-21-22-15(16(17,18)19)24(14)23-13(9)20-8-11-4-6-12(25-3)7-5-11/h4-7H,8H2,1-3H3,(H,20,23). The number of nitrogens with one attached hydrogen (secondary N) is 1. The van der Waals surface area contributed by atoms with Gasteiger partial charge in [0, 0.05) is 12.1 Å². The van der Waals surface area contributed by atoms with E-state index in [1.54, 1.807) is 21.0 Å². The molecule has 0 aliphatic rings. The molecule has 0 aliphatic carbocycles. The number of anilines is 1. The first-order valence-electron chi connectivity index (χ1n) is 7.48. The number of alkyl halides is 3. The summed E-state index contributed by atoms with van der Waals surface area (Å²) in [5.74, 6) is -0.0566. The molecule has 3 rings (SSSR count). The van der Waals surface area contributed by atoms with E-state index in [-0.39, 0.29) is 5.65 Å². The first kappa shape index (κ1) is 17.0. The van der Waals surface area contributed by atoms with Gasteiger partial charge in [0.2, 0.25) is 0 Å². The van der Waals surface area contributed by atoms with E-state index in [1.807, 2.05) is 24.3 Å². The van der Waals surface area contributed by atoms with Crippen molar-refractivity contribution in [3.63, 3.8) is 0 Å². The average molecular weight is 351 g/mol. The van der Waals surface area contributed by atoms with Gasteiger partial charge in [-0.25, -0.2) is 0 Å². The van der Waals surface area contributed by atoms with E-state index >= 15 is 0 Å². The number of hydrogen-bond donors (Lipinski definition) is 1. The summed E-state index contributed by atoms with van der Waals surface area (Å²) in [6.45, 7) is 3.88.